The lowest BCUT2D eigenvalue weighted by Crippen LogP contribution is -1.90. The summed E-state index contributed by atoms with van der Waals surface area (Å²) < 4.78 is 14.0. The van der Waals surface area contributed by atoms with Crippen molar-refractivity contribution in [2.45, 2.75) is 24.6 Å². The third-order valence-electron chi connectivity index (χ3n) is 2.58. The normalized spacial score (nSPS) is 20.5. The second kappa shape index (κ2) is 4.67. The highest BCUT2D eigenvalue weighted by Gasteiger charge is 2.14. The fourth-order valence-electron chi connectivity index (χ4n) is 1.82. The van der Waals surface area contributed by atoms with E-state index in [9.17, 15) is 4.39 Å². The fraction of sp³-hybridized carbons (Fsp3) is 0.333. The third-order valence-corrected chi connectivity index (χ3v) is 3.70. The minimum Gasteiger partial charge on any atom is -0.207 e. The molecule has 1 unspecified atom stereocenters. The zero-order chi connectivity index (χ0) is 10.8. The van der Waals surface area contributed by atoms with E-state index in [0.717, 1.165) is 29.3 Å². The van der Waals surface area contributed by atoms with Crippen molar-refractivity contribution >= 4 is 27.5 Å². The fourth-order valence-corrected chi connectivity index (χ4v) is 2.49. The molecule has 0 nitrogen and oxygen atoms in total. The maximum absolute atomic E-state index is 13.0. The van der Waals surface area contributed by atoms with Crippen LogP contribution in [0.2, 0.25) is 0 Å². The molecule has 3 heteroatoms. The van der Waals surface area contributed by atoms with E-state index in [2.05, 4.69) is 22.0 Å². The van der Waals surface area contributed by atoms with Crippen LogP contribution in [0.15, 0.2) is 34.3 Å². The first-order valence-electron chi connectivity index (χ1n) is 4.93. The molecule has 0 radical (unpaired) electrons. The van der Waals surface area contributed by atoms with Gasteiger partial charge in [0.1, 0.15) is 5.82 Å². The van der Waals surface area contributed by atoms with Crippen LogP contribution in [-0.4, -0.2) is 5.38 Å². The van der Waals surface area contributed by atoms with Crippen molar-refractivity contribution in [2.24, 2.45) is 0 Å². The lowest BCUT2D eigenvalue weighted by molar-refractivity contribution is 0.625. The van der Waals surface area contributed by atoms with Crippen LogP contribution in [-0.2, 0) is 6.42 Å². The number of hydrogen-bond acceptors (Lipinski definition) is 0. The van der Waals surface area contributed by atoms with Gasteiger partial charge in [-0.1, -0.05) is 27.6 Å². The van der Waals surface area contributed by atoms with Crippen LogP contribution in [0, 0.1) is 5.82 Å². The summed E-state index contributed by atoms with van der Waals surface area (Å²) in [5.74, 6) is -0.186. The van der Waals surface area contributed by atoms with Gasteiger partial charge in [0.2, 0.25) is 0 Å². The van der Waals surface area contributed by atoms with Gasteiger partial charge in [-0.2, -0.15) is 0 Å². The quantitative estimate of drug-likeness (QED) is 0.557. The predicted octanol–water partition coefficient (Wildman–Crippen LogP) is 4.46. The van der Waals surface area contributed by atoms with Gasteiger partial charge in [0.15, 0.2) is 0 Å². The second-order valence-electron chi connectivity index (χ2n) is 3.79. The Labute approximate surface area is 102 Å². The highest BCUT2D eigenvalue weighted by atomic mass is 79.9. The van der Waals surface area contributed by atoms with Crippen molar-refractivity contribution in [3.05, 3.63) is 45.7 Å². The molecule has 0 N–H and O–H groups in total. The van der Waals surface area contributed by atoms with Gasteiger partial charge in [0, 0.05) is 4.47 Å². The molecule has 80 valence electrons. The Morgan fingerprint density at radius 1 is 1.47 bits per heavy atom. The molecule has 0 amide bonds. The SMILES string of the molecule is Fc1ccc(Br)c(CC2=CC(Cl)CC2)c1. The number of halogens is 3. The Bertz CT molecular complexity index is 401. The Morgan fingerprint density at radius 3 is 2.93 bits per heavy atom. The summed E-state index contributed by atoms with van der Waals surface area (Å²) in [6.07, 6.45) is 4.90. The minimum absolute atomic E-state index is 0.160. The van der Waals surface area contributed by atoms with E-state index in [1.807, 2.05) is 0 Å². The van der Waals surface area contributed by atoms with Crippen molar-refractivity contribution < 1.29 is 4.39 Å². The van der Waals surface area contributed by atoms with Gasteiger partial charge in [-0.05, 0) is 43.0 Å². The number of benzene rings is 1. The molecule has 15 heavy (non-hydrogen) atoms. The van der Waals surface area contributed by atoms with Crippen molar-refractivity contribution in [3.8, 4) is 0 Å². The third kappa shape index (κ3) is 2.82. The van der Waals surface area contributed by atoms with E-state index >= 15 is 0 Å². The Morgan fingerprint density at radius 2 is 2.27 bits per heavy atom. The maximum atomic E-state index is 13.0. The van der Waals surface area contributed by atoms with Crippen molar-refractivity contribution in [3.63, 3.8) is 0 Å². The second-order valence-corrected chi connectivity index (χ2v) is 5.21. The van der Waals surface area contributed by atoms with E-state index in [1.54, 1.807) is 12.1 Å². The topological polar surface area (TPSA) is 0 Å². The van der Waals surface area contributed by atoms with E-state index in [-0.39, 0.29) is 11.2 Å². The average Bonchev–Trinajstić information content (AvgIpc) is 2.58. The molecule has 0 saturated carbocycles. The summed E-state index contributed by atoms with van der Waals surface area (Å²) in [6.45, 7) is 0. The Hall–Kier alpha value is -0.340. The number of allylic oxidation sites excluding steroid dienone is 2. The predicted molar refractivity (Wildman–Crippen MR) is 64.8 cm³/mol. The van der Waals surface area contributed by atoms with Crippen LogP contribution in [0.5, 0.6) is 0 Å². The average molecular weight is 290 g/mol. The van der Waals surface area contributed by atoms with Crippen LogP contribution in [0.3, 0.4) is 0 Å². The molecule has 0 spiro atoms. The first kappa shape index (κ1) is 11.2. The first-order valence-corrected chi connectivity index (χ1v) is 6.15. The molecule has 1 aliphatic rings. The molecule has 0 heterocycles. The molecule has 1 aromatic rings. The lowest BCUT2D eigenvalue weighted by atomic mass is 10.0. The van der Waals surface area contributed by atoms with Crippen LogP contribution in [0.4, 0.5) is 4.39 Å². The van der Waals surface area contributed by atoms with Crippen LogP contribution < -0.4 is 0 Å². The van der Waals surface area contributed by atoms with Gasteiger partial charge in [-0.3, -0.25) is 0 Å². The first-order chi connectivity index (χ1) is 7.15. The maximum Gasteiger partial charge on any atom is 0.123 e. The largest absolute Gasteiger partial charge is 0.207 e. The highest BCUT2D eigenvalue weighted by molar-refractivity contribution is 9.10. The van der Waals surface area contributed by atoms with Crippen LogP contribution in [0.25, 0.3) is 0 Å². The van der Waals surface area contributed by atoms with Crippen molar-refractivity contribution in [1.29, 1.82) is 0 Å². The Balaban J connectivity index is 2.17. The summed E-state index contributed by atoms with van der Waals surface area (Å²) in [6, 6.07) is 4.78. The molecule has 0 fully saturated rings. The van der Waals surface area contributed by atoms with Gasteiger partial charge in [0.25, 0.3) is 0 Å². The summed E-state index contributed by atoms with van der Waals surface area (Å²) in [5.41, 5.74) is 2.30. The van der Waals surface area contributed by atoms with Gasteiger partial charge in [-0.25, -0.2) is 4.39 Å². The highest BCUT2D eigenvalue weighted by Crippen LogP contribution is 2.28. The molecule has 0 aromatic heterocycles. The number of alkyl halides is 1. The molecule has 1 atom stereocenters. The summed E-state index contributed by atoms with van der Waals surface area (Å²) in [4.78, 5) is 0. The van der Waals surface area contributed by atoms with Gasteiger partial charge in [-0.15, -0.1) is 11.6 Å². The Kier molecular flexibility index (Phi) is 3.47. The minimum atomic E-state index is -0.186. The number of hydrogen-bond donors (Lipinski definition) is 0. The van der Waals surface area contributed by atoms with E-state index in [0.29, 0.717) is 0 Å². The van der Waals surface area contributed by atoms with E-state index < -0.39 is 0 Å². The molecule has 1 aromatic carbocycles. The summed E-state index contributed by atoms with van der Waals surface area (Å²) >= 11 is 9.41. The molecule has 0 bridgehead atoms. The van der Waals surface area contributed by atoms with Crippen LogP contribution in [0.1, 0.15) is 18.4 Å². The van der Waals surface area contributed by atoms with Crippen molar-refractivity contribution in [1.82, 2.24) is 0 Å². The lowest BCUT2D eigenvalue weighted by Gasteiger charge is -2.05. The molecular weight excluding hydrogens is 278 g/mol. The van der Waals surface area contributed by atoms with Gasteiger partial charge in [0.05, 0.1) is 5.38 Å². The smallest absolute Gasteiger partial charge is 0.123 e. The van der Waals surface area contributed by atoms with E-state index in [1.165, 1.54) is 11.6 Å². The molecule has 2 rings (SSSR count). The summed E-state index contributed by atoms with van der Waals surface area (Å²) in [5, 5.41) is 0.160. The number of rotatable bonds is 2. The summed E-state index contributed by atoms with van der Waals surface area (Å²) in [7, 11) is 0. The van der Waals surface area contributed by atoms with Gasteiger partial charge >= 0.3 is 0 Å². The molecule has 0 saturated heterocycles. The van der Waals surface area contributed by atoms with Crippen molar-refractivity contribution in [2.75, 3.05) is 0 Å². The molecule has 0 aliphatic heterocycles. The zero-order valence-electron chi connectivity index (χ0n) is 8.14. The van der Waals surface area contributed by atoms with Gasteiger partial charge < -0.3 is 0 Å². The zero-order valence-corrected chi connectivity index (χ0v) is 10.5. The molecule has 1 aliphatic carbocycles. The van der Waals surface area contributed by atoms with Crippen LogP contribution >= 0.6 is 27.5 Å². The van der Waals surface area contributed by atoms with E-state index in [4.69, 9.17) is 11.6 Å². The standard InChI is InChI=1S/C12H11BrClF/c13-12-4-3-11(15)7-9(12)5-8-1-2-10(14)6-8/h3-4,6-7,10H,1-2,5H2. The molecular formula is C12H11BrClF. The monoisotopic (exact) mass is 288 g/mol.